The molecule has 186 valence electrons. The van der Waals surface area contributed by atoms with E-state index in [1.165, 1.54) is 27.8 Å². The lowest BCUT2D eigenvalue weighted by atomic mass is 9.88. The van der Waals surface area contributed by atoms with Gasteiger partial charge in [-0.15, -0.1) is 0 Å². The van der Waals surface area contributed by atoms with Crippen LogP contribution in [-0.4, -0.2) is 38.0 Å². The summed E-state index contributed by atoms with van der Waals surface area (Å²) < 4.78 is 24.1. The monoisotopic (exact) mass is 538 g/mol. The van der Waals surface area contributed by atoms with E-state index in [1.54, 1.807) is 0 Å². The van der Waals surface area contributed by atoms with Crippen LogP contribution in [0.4, 0.5) is 0 Å². The largest absolute Gasteiger partial charge is 0.348 e. The molecule has 5 heteroatoms. The van der Waals surface area contributed by atoms with Crippen LogP contribution in [0.15, 0.2) is 65.2 Å². The third-order valence-electron chi connectivity index (χ3n) is 7.34. The Kier molecular flexibility index (Phi) is 7.61. The van der Waals surface area contributed by atoms with E-state index < -0.39 is 11.6 Å². The minimum Gasteiger partial charge on any atom is -0.348 e. The van der Waals surface area contributed by atoms with Crippen molar-refractivity contribution in [2.45, 2.75) is 57.5 Å². The Hall–Kier alpha value is -1.76. The van der Waals surface area contributed by atoms with Crippen LogP contribution in [0, 0.1) is 5.92 Å². The van der Waals surface area contributed by atoms with Gasteiger partial charge in [-0.2, -0.15) is 0 Å². The maximum atomic E-state index is 5.76. The molecule has 0 saturated carbocycles. The highest BCUT2D eigenvalue weighted by molar-refractivity contribution is 9.10. The first-order valence-corrected chi connectivity index (χ1v) is 13.5. The standard InChI is InChI=1S/C30H35BrO4/c1-29(32-15-16-33-29)13-11-22-3-7-24(8-4-22)26-19-27(21-28(31)20-26)25-9-5-23(6-10-25)12-14-30(2)34-17-18-35-30/h3-5,7-10,19-21,23H,6,11-18H2,1-2H3. The lowest BCUT2D eigenvalue weighted by Gasteiger charge is -2.25. The fourth-order valence-electron chi connectivity index (χ4n) is 5.10. The Morgan fingerprint density at radius 1 is 0.800 bits per heavy atom. The molecule has 5 rings (SSSR count). The average molecular weight is 540 g/mol. The Balaban J connectivity index is 1.22. The summed E-state index contributed by atoms with van der Waals surface area (Å²) in [6.45, 7) is 6.89. The molecular weight excluding hydrogens is 504 g/mol. The lowest BCUT2D eigenvalue weighted by molar-refractivity contribution is -0.148. The topological polar surface area (TPSA) is 36.9 Å². The minimum absolute atomic E-state index is 0.400. The van der Waals surface area contributed by atoms with Crippen molar-refractivity contribution in [3.63, 3.8) is 0 Å². The van der Waals surface area contributed by atoms with Crippen LogP contribution in [0.3, 0.4) is 0 Å². The second-order valence-corrected chi connectivity index (χ2v) is 11.1. The maximum Gasteiger partial charge on any atom is 0.166 e. The molecule has 0 N–H and O–H groups in total. The van der Waals surface area contributed by atoms with E-state index >= 15 is 0 Å². The SMILES string of the molecule is CC1(CCc2ccc(-c3cc(Br)cc(C4=CCC(CCC5(C)OCCO5)C=C4)c3)cc2)OCCO1. The smallest absolute Gasteiger partial charge is 0.166 e. The molecule has 0 spiro atoms. The maximum absolute atomic E-state index is 5.76. The first-order valence-electron chi connectivity index (χ1n) is 12.7. The number of halogens is 1. The average Bonchev–Trinajstić information content (AvgIpc) is 3.51. The van der Waals surface area contributed by atoms with Gasteiger partial charge in [-0.1, -0.05) is 58.4 Å². The van der Waals surface area contributed by atoms with Gasteiger partial charge in [0.05, 0.1) is 26.4 Å². The van der Waals surface area contributed by atoms with E-state index in [0.717, 1.165) is 36.6 Å². The summed E-state index contributed by atoms with van der Waals surface area (Å²) in [6.07, 6.45) is 11.9. The molecule has 2 aliphatic heterocycles. The molecule has 1 aliphatic carbocycles. The number of aryl methyl sites for hydroxylation is 1. The summed E-state index contributed by atoms with van der Waals surface area (Å²) in [7, 11) is 0. The van der Waals surface area contributed by atoms with Crippen molar-refractivity contribution >= 4 is 21.5 Å². The van der Waals surface area contributed by atoms with Crippen molar-refractivity contribution in [3.8, 4) is 11.1 Å². The molecule has 2 aromatic carbocycles. The summed E-state index contributed by atoms with van der Waals surface area (Å²) in [5.41, 5.74) is 6.26. The van der Waals surface area contributed by atoms with Gasteiger partial charge < -0.3 is 18.9 Å². The predicted molar refractivity (Wildman–Crippen MR) is 143 cm³/mol. The first-order chi connectivity index (χ1) is 16.9. The van der Waals surface area contributed by atoms with Gasteiger partial charge in [-0.25, -0.2) is 0 Å². The lowest BCUT2D eigenvalue weighted by Crippen LogP contribution is -2.26. The van der Waals surface area contributed by atoms with Crippen molar-refractivity contribution in [3.05, 3.63) is 76.3 Å². The van der Waals surface area contributed by atoms with E-state index in [9.17, 15) is 0 Å². The van der Waals surface area contributed by atoms with Crippen molar-refractivity contribution < 1.29 is 18.9 Å². The Morgan fingerprint density at radius 3 is 2.06 bits per heavy atom. The zero-order valence-electron chi connectivity index (χ0n) is 20.7. The van der Waals surface area contributed by atoms with Crippen molar-refractivity contribution in [2.75, 3.05) is 26.4 Å². The Bertz CT molecular complexity index is 1080. The molecule has 2 saturated heterocycles. The van der Waals surface area contributed by atoms with E-state index in [2.05, 4.69) is 83.5 Å². The molecular formula is C30H35BrO4. The molecule has 4 nitrogen and oxygen atoms in total. The van der Waals surface area contributed by atoms with E-state index in [1.807, 2.05) is 6.92 Å². The van der Waals surface area contributed by atoms with Crippen LogP contribution in [-0.2, 0) is 25.4 Å². The van der Waals surface area contributed by atoms with Gasteiger partial charge in [0.15, 0.2) is 11.6 Å². The van der Waals surface area contributed by atoms with Crippen molar-refractivity contribution in [1.29, 1.82) is 0 Å². The van der Waals surface area contributed by atoms with Crippen LogP contribution < -0.4 is 0 Å². The van der Waals surface area contributed by atoms with Crippen LogP contribution >= 0.6 is 15.9 Å². The number of hydrogen-bond acceptors (Lipinski definition) is 4. The third kappa shape index (κ3) is 6.33. The molecule has 2 aromatic rings. The minimum atomic E-state index is -0.436. The fourth-order valence-corrected chi connectivity index (χ4v) is 5.59. The van der Waals surface area contributed by atoms with Crippen LogP contribution in [0.1, 0.15) is 50.7 Å². The molecule has 0 amide bonds. The van der Waals surface area contributed by atoms with E-state index in [0.29, 0.717) is 32.3 Å². The van der Waals surface area contributed by atoms with Gasteiger partial charge in [0, 0.05) is 17.3 Å². The normalized spacial score (nSPS) is 22.9. The zero-order chi connectivity index (χ0) is 24.3. The van der Waals surface area contributed by atoms with Crippen LogP contribution in [0.2, 0.25) is 0 Å². The molecule has 2 fully saturated rings. The summed E-state index contributed by atoms with van der Waals surface area (Å²) in [6, 6.07) is 15.6. The van der Waals surface area contributed by atoms with Crippen molar-refractivity contribution in [2.24, 2.45) is 5.92 Å². The van der Waals surface area contributed by atoms with Gasteiger partial charge in [0.2, 0.25) is 0 Å². The Morgan fingerprint density at radius 2 is 1.43 bits per heavy atom. The fraction of sp³-hybridized carbons (Fsp3) is 0.467. The van der Waals surface area contributed by atoms with E-state index in [-0.39, 0.29) is 0 Å². The summed E-state index contributed by atoms with van der Waals surface area (Å²) >= 11 is 3.73. The molecule has 3 aliphatic rings. The van der Waals surface area contributed by atoms with Gasteiger partial charge in [-0.05, 0) is 85.1 Å². The highest BCUT2D eigenvalue weighted by Gasteiger charge is 2.31. The highest BCUT2D eigenvalue weighted by Crippen LogP contribution is 2.34. The highest BCUT2D eigenvalue weighted by atomic mass is 79.9. The van der Waals surface area contributed by atoms with Crippen molar-refractivity contribution in [1.82, 2.24) is 0 Å². The second kappa shape index (κ2) is 10.7. The van der Waals surface area contributed by atoms with Gasteiger partial charge in [-0.3, -0.25) is 0 Å². The van der Waals surface area contributed by atoms with Crippen LogP contribution in [0.5, 0.6) is 0 Å². The molecule has 35 heavy (non-hydrogen) atoms. The molecule has 0 radical (unpaired) electrons. The number of allylic oxidation sites excluding steroid dienone is 4. The number of rotatable bonds is 8. The molecule has 0 aromatic heterocycles. The Labute approximate surface area is 217 Å². The summed E-state index contributed by atoms with van der Waals surface area (Å²) in [5, 5.41) is 0. The summed E-state index contributed by atoms with van der Waals surface area (Å²) in [5.74, 6) is -0.304. The van der Waals surface area contributed by atoms with Crippen LogP contribution in [0.25, 0.3) is 16.7 Å². The van der Waals surface area contributed by atoms with Gasteiger partial charge >= 0.3 is 0 Å². The van der Waals surface area contributed by atoms with Gasteiger partial charge in [0.1, 0.15) is 0 Å². The number of hydrogen-bond donors (Lipinski definition) is 0. The first kappa shape index (κ1) is 24.9. The number of benzene rings is 2. The van der Waals surface area contributed by atoms with E-state index in [4.69, 9.17) is 18.9 Å². The molecule has 1 atom stereocenters. The molecule has 0 bridgehead atoms. The molecule has 1 unspecified atom stereocenters. The second-order valence-electron chi connectivity index (χ2n) is 10.1. The quantitative estimate of drug-likeness (QED) is 0.353. The summed E-state index contributed by atoms with van der Waals surface area (Å²) in [4.78, 5) is 0. The number of ether oxygens (including phenoxy) is 4. The third-order valence-corrected chi connectivity index (χ3v) is 7.80. The zero-order valence-corrected chi connectivity index (χ0v) is 22.3. The van der Waals surface area contributed by atoms with Gasteiger partial charge in [0.25, 0.3) is 0 Å². The molecule has 2 heterocycles. The predicted octanol–water partition coefficient (Wildman–Crippen LogP) is 7.31.